The van der Waals surface area contributed by atoms with Gasteiger partial charge in [-0.15, -0.1) is 0 Å². The zero-order valence-electron chi connectivity index (χ0n) is 13.2. The molecule has 130 valence electrons. The van der Waals surface area contributed by atoms with Crippen LogP contribution in [0.4, 0.5) is 0 Å². The van der Waals surface area contributed by atoms with E-state index in [1.54, 1.807) is 0 Å². The molecule has 2 amide bonds. The van der Waals surface area contributed by atoms with E-state index in [2.05, 4.69) is 10.6 Å². The average molecular weight is 317 g/mol. The van der Waals surface area contributed by atoms with Gasteiger partial charge in [0.15, 0.2) is 0 Å². The molecule has 0 saturated heterocycles. The second-order valence-corrected chi connectivity index (χ2v) is 5.25. The van der Waals surface area contributed by atoms with Gasteiger partial charge in [0, 0.05) is 6.54 Å². The van der Waals surface area contributed by atoms with Gasteiger partial charge in [-0.25, -0.2) is 0 Å². The third-order valence-electron chi connectivity index (χ3n) is 3.30. The number of hydrogen-bond acceptors (Lipinski definition) is 6. The van der Waals surface area contributed by atoms with Crippen molar-refractivity contribution in [1.82, 2.24) is 10.6 Å². The van der Waals surface area contributed by atoms with Gasteiger partial charge in [-0.3, -0.25) is 9.59 Å². The van der Waals surface area contributed by atoms with Crippen LogP contribution in [0.1, 0.15) is 38.5 Å². The molecular formula is C14H31N5O3. The molecule has 0 spiro atoms. The molecule has 22 heavy (non-hydrogen) atoms. The molecule has 0 saturated carbocycles. The summed E-state index contributed by atoms with van der Waals surface area (Å²) >= 11 is 0. The lowest BCUT2D eigenvalue weighted by molar-refractivity contribution is -0.130. The molecule has 0 aromatic rings. The molecule has 0 aliphatic heterocycles. The van der Waals surface area contributed by atoms with Gasteiger partial charge in [-0.1, -0.05) is 6.42 Å². The average Bonchev–Trinajstić information content (AvgIpc) is 2.51. The van der Waals surface area contributed by atoms with Crippen LogP contribution in [0.15, 0.2) is 0 Å². The Morgan fingerprint density at radius 1 is 0.955 bits per heavy atom. The Bertz CT molecular complexity index is 315. The number of carbonyl (C=O) groups is 2. The minimum Gasteiger partial charge on any atom is -0.395 e. The van der Waals surface area contributed by atoms with Crippen molar-refractivity contribution in [2.24, 2.45) is 17.2 Å². The van der Waals surface area contributed by atoms with Gasteiger partial charge in [-0.05, 0) is 45.2 Å². The number of aliphatic hydroxyl groups excluding tert-OH is 1. The van der Waals surface area contributed by atoms with Crippen molar-refractivity contribution in [2.75, 3.05) is 26.2 Å². The Kier molecular flexibility index (Phi) is 12.7. The maximum atomic E-state index is 12.0. The summed E-state index contributed by atoms with van der Waals surface area (Å²) in [5.74, 6) is -0.650. The molecule has 2 unspecified atom stereocenters. The van der Waals surface area contributed by atoms with Gasteiger partial charge >= 0.3 is 0 Å². The van der Waals surface area contributed by atoms with Crippen LogP contribution in [0.3, 0.4) is 0 Å². The lowest BCUT2D eigenvalue weighted by Gasteiger charge is -2.20. The summed E-state index contributed by atoms with van der Waals surface area (Å²) in [6.45, 7) is 1.12. The van der Waals surface area contributed by atoms with Crippen molar-refractivity contribution in [3.63, 3.8) is 0 Å². The van der Waals surface area contributed by atoms with Gasteiger partial charge in [0.1, 0.15) is 6.04 Å². The predicted molar refractivity (Wildman–Crippen MR) is 85.8 cm³/mol. The standard InChI is InChI=1S/C14H31N5O3/c15-7-3-1-5-11(17)13(21)19-12(6-2-4-8-16)14(22)18-9-10-20/h11-12,20H,1-10,15-17H2,(H,18,22)(H,19,21). The molecule has 0 rings (SSSR count). The Hall–Kier alpha value is -1.22. The van der Waals surface area contributed by atoms with E-state index in [1.807, 2.05) is 0 Å². The van der Waals surface area contributed by atoms with E-state index in [1.165, 1.54) is 0 Å². The number of carbonyl (C=O) groups excluding carboxylic acids is 2. The van der Waals surface area contributed by atoms with E-state index >= 15 is 0 Å². The third kappa shape index (κ3) is 9.67. The summed E-state index contributed by atoms with van der Waals surface area (Å²) in [6.07, 6.45) is 4.14. The number of unbranched alkanes of at least 4 members (excludes halogenated alkanes) is 2. The maximum Gasteiger partial charge on any atom is 0.242 e. The Morgan fingerprint density at radius 3 is 2.09 bits per heavy atom. The number of hydrogen-bond donors (Lipinski definition) is 6. The zero-order valence-corrected chi connectivity index (χ0v) is 13.2. The van der Waals surface area contributed by atoms with Gasteiger partial charge < -0.3 is 32.9 Å². The highest BCUT2D eigenvalue weighted by Gasteiger charge is 2.22. The van der Waals surface area contributed by atoms with E-state index in [4.69, 9.17) is 22.3 Å². The number of rotatable bonds is 13. The van der Waals surface area contributed by atoms with Crippen LogP contribution in [0.2, 0.25) is 0 Å². The van der Waals surface area contributed by atoms with Crippen molar-refractivity contribution in [1.29, 1.82) is 0 Å². The summed E-state index contributed by atoms with van der Waals surface area (Å²) in [4.78, 5) is 24.0. The van der Waals surface area contributed by atoms with Gasteiger partial charge in [0.05, 0.1) is 12.6 Å². The number of nitrogens with two attached hydrogens (primary N) is 3. The molecular weight excluding hydrogens is 286 g/mol. The summed E-state index contributed by atoms with van der Waals surface area (Å²) in [6, 6.07) is -1.29. The van der Waals surface area contributed by atoms with E-state index in [0.29, 0.717) is 25.9 Å². The highest BCUT2D eigenvalue weighted by atomic mass is 16.3. The van der Waals surface area contributed by atoms with Gasteiger partial charge in [0.25, 0.3) is 0 Å². The predicted octanol–water partition coefficient (Wildman–Crippen LogP) is -1.83. The SMILES string of the molecule is NCCCCC(N)C(=O)NC(CCCCN)C(=O)NCCO. The van der Waals surface area contributed by atoms with E-state index in [9.17, 15) is 9.59 Å². The molecule has 0 aromatic carbocycles. The first-order valence-electron chi connectivity index (χ1n) is 7.91. The van der Waals surface area contributed by atoms with Crippen LogP contribution in [0.5, 0.6) is 0 Å². The summed E-state index contributed by atoms with van der Waals surface area (Å²) < 4.78 is 0. The van der Waals surface area contributed by atoms with Crippen LogP contribution in [0, 0.1) is 0 Å². The molecule has 0 heterocycles. The Morgan fingerprint density at radius 2 is 1.55 bits per heavy atom. The molecule has 9 N–H and O–H groups in total. The Labute approximate surface area is 132 Å². The van der Waals surface area contributed by atoms with Crippen molar-refractivity contribution >= 4 is 11.8 Å². The van der Waals surface area contributed by atoms with Crippen LogP contribution < -0.4 is 27.8 Å². The maximum absolute atomic E-state index is 12.0. The molecule has 0 aliphatic rings. The monoisotopic (exact) mass is 317 g/mol. The first-order chi connectivity index (χ1) is 10.6. The topological polar surface area (TPSA) is 156 Å². The third-order valence-corrected chi connectivity index (χ3v) is 3.30. The lowest BCUT2D eigenvalue weighted by atomic mass is 10.1. The van der Waals surface area contributed by atoms with Crippen molar-refractivity contribution in [2.45, 2.75) is 50.6 Å². The fourth-order valence-electron chi connectivity index (χ4n) is 1.98. The van der Waals surface area contributed by atoms with Crippen molar-refractivity contribution < 1.29 is 14.7 Å². The fourth-order valence-corrected chi connectivity index (χ4v) is 1.98. The summed E-state index contributed by atoms with van der Waals surface area (Å²) in [7, 11) is 0. The second kappa shape index (κ2) is 13.4. The quantitative estimate of drug-likeness (QED) is 0.219. The minimum absolute atomic E-state index is 0.145. The van der Waals surface area contributed by atoms with Gasteiger partial charge in [0.2, 0.25) is 11.8 Å². The van der Waals surface area contributed by atoms with Crippen LogP contribution in [-0.4, -0.2) is 55.2 Å². The molecule has 0 bridgehead atoms. The smallest absolute Gasteiger partial charge is 0.242 e. The molecule has 0 aliphatic carbocycles. The van der Waals surface area contributed by atoms with Crippen molar-refractivity contribution in [3.05, 3.63) is 0 Å². The summed E-state index contributed by atoms with van der Waals surface area (Å²) in [5, 5.41) is 14.0. The first kappa shape index (κ1) is 20.8. The molecule has 2 atom stereocenters. The number of aliphatic hydroxyl groups is 1. The van der Waals surface area contributed by atoms with Crippen LogP contribution in [-0.2, 0) is 9.59 Å². The number of nitrogens with one attached hydrogen (secondary N) is 2. The highest BCUT2D eigenvalue weighted by Crippen LogP contribution is 2.03. The molecule has 0 radical (unpaired) electrons. The van der Waals surface area contributed by atoms with Crippen LogP contribution in [0.25, 0.3) is 0 Å². The molecule has 8 heteroatoms. The minimum atomic E-state index is -0.647. The van der Waals surface area contributed by atoms with Crippen LogP contribution >= 0.6 is 0 Å². The van der Waals surface area contributed by atoms with E-state index < -0.39 is 12.1 Å². The van der Waals surface area contributed by atoms with E-state index in [0.717, 1.165) is 25.7 Å². The molecule has 0 aromatic heterocycles. The van der Waals surface area contributed by atoms with E-state index in [-0.39, 0.29) is 25.0 Å². The summed E-state index contributed by atoms with van der Waals surface area (Å²) in [5.41, 5.74) is 16.7. The molecule has 0 fully saturated rings. The zero-order chi connectivity index (χ0) is 16.8. The van der Waals surface area contributed by atoms with Gasteiger partial charge in [-0.2, -0.15) is 0 Å². The molecule has 8 nitrogen and oxygen atoms in total. The highest BCUT2D eigenvalue weighted by molar-refractivity contribution is 5.89. The Balaban J connectivity index is 4.39. The lowest BCUT2D eigenvalue weighted by Crippen LogP contribution is -2.52. The normalized spacial score (nSPS) is 13.5. The largest absolute Gasteiger partial charge is 0.395 e. The fraction of sp³-hybridized carbons (Fsp3) is 0.857. The van der Waals surface area contributed by atoms with Crippen molar-refractivity contribution in [3.8, 4) is 0 Å². The number of amides is 2. The second-order valence-electron chi connectivity index (χ2n) is 5.25. The first-order valence-corrected chi connectivity index (χ1v) is 7.91.